The highest BCUT2D eigenvalue weighted by molar-refractivity contribution is 5.89. The van der Waals surface area contributed by atoms with E-state index in [0.717, 1.165) is 25.1 Å². The second-order valence-electron chi connectivity index (χ2n) is 5.19. The Morgan fingerprint density at radius 1 is 1.13 bits per heavy atom. The van der Waals surface area contributed by atoms with Gasteiger partial charge >= 0.3 is 5.97 Å². The molecule has 0 amide bonds. The highest BCUT2D eigenvalue weighted by Crippen LogP contribution is 2.13. The molecule has 132 valence electrons. The number of halogens is 1. The summed E-state index contributed by atoms with van der Waals surface area (Å²) in [5.41, 5.74) is 0.531. The smallest absolute Gasteiger partial charge is 0.338 e. The maximum atomic E-state index is 11.9. The van der Waals surface area contributed by atoms with Gasteiger partial charge in [0.05, 0.1) is 25.3 Å². The van der Waals surface area contributed by atoms with Crippen LogP contribution in [-0.4, -0.2) is 50.5 Å². The summed E-state index contributed by atoms with van der Waals surface area (Å²) in [6.07, 6.45) is 2.12. The summed E-state index contributed by atoms with van der Waals surface area (Å²) < 4.78 is 10.8. The molecule has 0 aliphatic heterocycles. The van der Waals surface area contributed by atoms with Crippen molar-refractivity contribution in [1.82, 2.24) is 0 Å². The van der Waals surface area contributed by atoms with Gasteiger partial charge in [0.2, 0.25) is 0 Å². The van der Waals surface area contributed by atoms with Crippen molar-refractivity contribution in [3.05, 3.63) is 29.8 Å². The third-order valence-corrected chi connectivity index (χ3v) is 3.51. The van der Waals surface area contributed by atoms with E-state index in [-0.39, 0.29) is 25.0 Å². The molecule has 0 saturated carbocycles. The van der Waals surface area contributed by atoms with E-state index in [4.69, 9.17) is 14.6 Å². The van der Waals surface area contributed by atoms with Gasteiger partial charge in [-0.15, -0.1) is 0 Å². The molecule has 1 atom stereocenters. The molecule has 5 nitrogen and oxygen atoms in total. The van der Waals surface area contributed by atoms with Gasteiger partial charge in [-0.2, -0.15) is 0 Å². The molecule has 0 heterocycles. The van der Waals surface area contributed by atoms with Gasteiger partial charge in [-0.1, -0.05) is 13.3 Å². The van der Waals surface area contributed by atoms with Crippen molar-refractivity contribution in [3.63, 3.8) is 0 Å². The molecule has 0 aromatic heterocycles. The first-order chi connectivity index (χ1) is 10.7. The molecule has 1 aromatic carbocycles. The number of aliphatic hydroxyl groups is 1. The first-order valence-corrected chi connectivity index (χ1v) is 8.05. The molecule has 0 aliphatic carbocycles. The van der Waals surface area contributed by atoms with Crippen molar-refractivity contribution in [2.45, 2.75) is 26.7 Å². The van der Waals surface area contributed by atoms with E-state index >= 15 is 0 Å². The number of likely N-dealkylation sites (N-methyl/N-ethyl adjacent to an activating group) is 1. The summed E-state index contributed by atoms with van der Waals surface area (Å²) >= 11 is 0. The summed E-state index contributed by atoms with van der Waals surface area (Å²) in [5, 5.41) is 8.92. The number of carbonyl (C=O) groups excluding carboxylic acids is 1. The Balaban J connectivity index is 0.00000484. The number of hydrogen-bond donors (Lipinski definition) is 2. The normalized spacial score (nSPS) is 11.4. The fraction of sp³-hybridized carbons (Fsp3) is 0.588. The maximum Gasteiger partial charge on any atom is 0.338 e. The Bertz CT molecular complexity index is 425. The number of aliphatic hydroxyl groups excluding tert-OH is 1. The lowest BCUT2D eigenvalue weighted by Gasteiger charge is -2.16. The number of hydrogen-bond acceptors (Lipinski definition) is 4. The van der Waals surface area contributed by atoms with Gasteiger partial charge in [0.1, 0.15) is 25.4 Å². The van der Waals surface area contributed by atoms with E-state index in [0.29, 0.717) is 31.9 Å². The molecule has 2 N–H and O–H groups in total. The molecule has 1 rings (SSSR count). The lowest BCUT2D eigenvalue weighted by Crippen LogP contribution is -3.12. The van der Waals surface area contributed by atoms with Crippen LogP contribution in [0.3, 0.4) is 0 Å². The molecule has 0 bridgehead atoms. The molecule has 0 radical (unpaired) electrons. The molecular weight excluding hydrogens is 318 g/mol. The number of benzene rings is 1. The summed E-state index contributed by atoms with van der Waals surface area (Å²) in [6.45, 7) is 7.66. The molecule has 1 unspecified atom stereocenters. The topological polar surface area (TPSA) is 60.2 Å². The molecule has 0 spiro atoms. The van der Waals surface area contributed by atoms with Crippen molar-refractivity contribution in [3.8, 4) is 5.75 Å². The van der Waals surface area contributed by atoms with Crippen LogP contribution >= 0.6 is 0 Å². The van der Waals surface area contributed by atoms with Crippen LogP contribution in [0.25, 0.3) is 0 Å². The first-order valence-electron chi connectivity index (χ1n) is 8.05. The minimum absolute atomic E-state index is 0. The maximum absolute atomic E-state index is 11.9. The van der Waals surface area contributed by atoms with Crippen LogP contribution in [0, 0.1) is 0 Å². The number of esters is 1. The Kier molecular flexibility index (Phi) is 12.4. The van der Waals surface area contributed by atoms with Gasteiger partial charge in [0.25, 0.3) is 0 Å². The summed E-state index contributed by atoms with van der Waals surface area (Å²) in [4.78, 5) is 13.1. The minimum Gasteiger partial charge on any atom is -1.00 e. The van der Waals surface area contributed by atoms with Crippen molar-refractivity contribution in [2.75, 3.05) is 39.5 Å². The van der Waals surface area contributed by atoms with Gasteiger partial charge < -0.3 is 31.9 Å². The van der Waals surface area contributed by atoms with Crippen molar-refractivity contribution >= 4 is 5.97 Å². The molecule has 0 aliphatic rings. The van der Waals surface area contributed by atoms with Gasteiger partial charge in [-0.05, 0) is 37.6 Å². The van der Waals surface area contributed by atoms with Crippen LogP contribution in [0.4, 0.5) is 0 Å². The van der Waals surface area contributed by atoms with E-state index in [9.17, 15) is 4.79 Å². The number of carbonyl (C=O) groups is 1. The highest BCUT2D eigenvalue weighted by atomic mass is 35.5. The zero-order valence-corrected chi connectivity index (χ0v) is 14.8. The van der Waals surface area contributed by atoms with Crippen LogP contribution in [0.15, 0.2) is 24.3 Å². The standard InChI is InChI=1S/C17H27NO4.ClH/c1-3-5-13-21-16-8-6-15(7-9-16)17(20)22-14-11-18(4-2)10-12-19;/h6-9,19H,3-5,10-14H2,1-2H3;1H. The number of ether oxygens (including phenoxy) is 2. The van der Waals surface area contributed by atoms with Gasteiger partial charge in [-0.3, -0.25) is 0 Å². The zero-order chi connectivity index (χ0) is 16.2. The Hall–Kier alpha value is -1.30. The lowest BCUT2D eigenvalue weighted by molar-refractivity contribution is -0.898. The van der Waals surface area contributed by atoms with Crippen LogP contribution in [-0.2, 0) is 4.74 Å². The SMILES string of the molecule is CCCCOc1ccc(C(=O)OCC[NH+](CC)CCO)cc1.[Cl-]. The molecule has 1 aromatic rings. The zero-order valence-electron chi connectivity index (χ0n) is 14.0. The summed E-state index contributed by atoms with van der Waals surface area (Å²) in [7, 11) is 0. The number of rotatable bonds is 11. The largest absolute Gasteiger partial charge is 1.00 e. The number of unbranched alkanes of at least 4 members (excludes halogenated alkanes) is 1. The van der Waals surface area contributed by atoms with Gasteiger partial charge in [-0.25, -0.2) is 4.79 Å². The molecule has 0 saturated heterocycles. The fourth-order valence-electron chi connectivity index (χ4n) is 2.03. The average Bonchev–Trinajstić information content (AvgIpc) is 2.54. The van der Waals surface area contributed by atoms with Crippen molar-refractivity contribution in [2.24, 2.45) is 0 Å². The van der Waals surface area contributed by atoms with E-state index in [1.807, 2.05) is 6.92 Å². The molecular formula is C17H28ClNO4. The predicted molar refractivity (Wildman–Crippen MR) is 85.5 cm³/mol. The second kappa shape index (κ2) is 13.2. The third kappa shape index (κ3) is 8.79. The van der Waals surface area contributed by atoms with Crippen LogP contribution in [0.2, 0.25) is 0 Å². The minimum atomic E-state index is -0.320. The second-order valence-corrected chi connectivity index (χ2v) is 5.19. The van der Waals surface area contributed by atoms with E-state index in [1.54, 1.807) is 24.3 Å². The fourth-order valence-corrected chi connectivity index (χ4v) is 2.03. The van der Waals surface area contributed by atoms with Crippen molar-refractivity contribution in [1.29, 1.82) is 0 Å². The molecule has 6 heteroatoms. The number of nitrogens with one attached hydrogen (secondary N) is 1. The summed E-state index contributed by atoms with van der Waals surface area (Å²) in [6, 6.07) is 7.03. The van der Waals surface area contributed by atoms with Gasteiger partial charge in [0.15, 0.2) is 0 Å². The van der Waals surface area contributed by atoms with Crippen LogP contribution < -0.4 is 22.0 Å². The van der Waals surface area contributed by atoms with E-state index in [2.05, 4.69) is 6.92 Å². The molecule has 0 fully saturated rings. The lowest BCUT2D eigenvalue weighted by atomic mass is 10.2. The Morgan fingerprint density at radius 3 is 2.39 bits per heavy atom. The average molecular weight is 346 g/mol. The third-order valence-electron chi connectivity index (χ3n) is 3.51. The van der Waals surface area contributed by atoms with E-state index in [1.165, 1.54) is 4.90 Å². The van der Waals surface area contributed by atoms with Crippen molar-refractivity contribution < 1.29 is 36.7 Å². The highest BCUT2D eigenvalue weighted by Gasteiger charge is 2.10. The number of quaternary nitrogens is 1. The predicted octanol–water partition coefficient (Wildman–Crippen LogP) is -2.08. The quantitative estimate of drug-likeness (QED) is 0.357. The van der Waals surface area contributed by atoms with Crippen LogP contribution in [0.5, 0.6) is 5.75 Å². The van der Waals surface area contributed by atoms with Crippen LogP contribution in [0.1, 0.15) is 37.0 Å². The first kappa shape index (κ1) is 21.7. The van der Waals surface area contributed by atoms with Gasteiger partial charge in [0, 0.05) is 0 Å². The molecule has 23 heavy (non-hydrogen) atoms. The Morgan fingerprint density at radius 2 is 1.83 bits per heavy atom. The Labute approximate surface area is 145 Å². The van der Waals surface area contributed by atoms with E-state index < -0.39 is 0 Å². The summed E-state index contributed by atoms with van der Waals surface area (Å²) in [5.74, 6) is 0.453. The monoisotopic (exact) mass is 345 g/mol.